The van der Waals surface area contributed by atoms with Gasteiger partial charge in [-0.25, -0.2) is 4.90 Å². The summed E-state index contributed by atoms with van der Waals surface area (Å²) < 4.78 is 0. The van der Waals surface area contributed by atoms with Crippen molar-refractivity contribution in [1.82, 2.24) is 5.32 Å². The van der Waals surface area contributed by atoms with E-state index in [0.29, 0.717) is 12.8 Å². The summed E-state index contributed by atoms with van der Waals surface area (Å²) >= 11 is 0. The fourth-order valence-corrected chi connectivity index (χ4v) is 2.28. The lowest BCUT2D eigenvalue weighted by Gasteiger charge is -2.15. The van der Waals surface area contributed by atoms with E-state index in [2.05, 4.69) is 10.6 Å². The summed E-state index contributed by atoms with van der Waals surface area (Å²) in [6.07, 6.45) is 1.44. The summed E-state index contributed by atoms with van der Waals surface area (Å²) in [5.74, 6) is -0.242. The minimum atomic E-state index is -0.127. The van der Waals surface area contributed by atoms with E-state index < -0.39 is 0 Å². The van der Waals surface area contributed by atoms with Crippen LogP contribution in [-0.4, -0.2) is 32.5 Å². The number of anilines is 2. The Balaban J connectivity index is 2.15. The van der Waals surface area contributed by atoms with Crippen LogP contribution in [0, 0.1) is 0 Å². The van der Waals surface area contributed by atoms with Crippen molar-refractivity contribution >= 4 is 23.2 Å². The average molecular weight is 261 g/mol. The van der Waals surface area contributed by atoms with E-state index in [4.69, 9.17) is 0 Å². The van der Waals surface area contributed by atoms with Gasteiger partial charge in [-0.1, -0.05) is 0 Å². The van der Waals surface area contributed by atoms with E-state index in [-0.39, 0.29) is 11.8 Å². The van der Waals surface area contributed by atoms with E-state index in [0.717, 1.165) is 29.9 Å². The van der Waals surface area contributed by atoms with Crippen molar-refractivity contribution in [3.8, 4) is 0 Å². The van der Waals surface area contributed by atoms with Gasteiger partial charge < -0.3 is 10.6 Å². The van der Waals surface area contributed by atoms with Crippen molar-refractivity contribution < 1.29 is 9.59 Å². The van der Waals surface area contributed by atoms with Crippen molar-refractivity contribution in [1.29, 1.82) is 0 Å². The monoisotopic (exact) mass is 261 g/mol. The van der Waals surface area contributed by atoms with Crippen molar-refractivity contribution in [2.75, 3.05) is 30.9 Å². The number of rotatable bonds is 5. The topological polar surface area (TPSA) is 61.4 Å². The first-order valence-electron chi connectivity index (χ1n) is 6.48. The Bertz CT molecular complexity index is 499. The molecule has 1 aromatic carbocycles. The Kier molecular flexibility index (Phi) is 4.16. The molecule has 2 rings (SSSR count). The molecule has 0 aliphatic carbocycles. The molecule has 1 heterocycles. The van der Waals surface area contributed by atoms with E-state index >= 15 is 0 Å². The molecule has 102 valence electrons. The van der Waals surface area contributed by atoms with Crippen LogP contribution in [0.3, 0.4) is 0 Å². The second-order valence-corrected chi connectivity index (χ2v) is 4.60. The highest BCUT2D eigenvalue weighted by molar-refractivity contribution is 6.19. The molecule has 19 heavy (non-hydrogen) atoms. The van der Waals surface area contributed by atoms with Crippen molar-refractivity contribution in [3.05, 3.63) is 23.8 Å². The first kappa shape index (κ1) is 13.5. The highest BCUT2D eigenvalue weighted by Gasteiger charge is 2.31. The molecule has 1 aliphatic rings. The van der Waals surface area contributed by atoms with Gasteiger partial charge in [0.2, 0.25) is 11.8 Å². The van der Waals surface area contributed by atoms with Crippen LogP contribution >= 0.6 is 0 Å². The van der Waals surface area contributed by atoms with Crippen LogP contribution in [0.1, 0.15) is 18.4 Å². The summed E-state index contributed by atoms with van der Waals surface area (Å²) in [7, 11) is 3.68. The predicted octanol–water partition coefficient (Wildman–Crippen LogP) is 1.14. The quantitative estimate of drug-likeness (QED) is 0.780. The number of fused-ring (bicyclic) bond motifs is 1. The molecule has 2 N–H and O–H groups in total. The van der Waals surface area contributed by atoms with E-state index in [1.807, 2.05) is 32.3 Å². The highest BCUT2D eigenvalue weighted by Crippen LogP contribution is 2.31. The first-order valence-corrected chi connectivity index (χ1v) is 6.48. The second kappa shape index (κ2) is 5.84. The third-order valence-corrected chi connectivity index (χ3v) is 3.27. The van der Waals surface area contributed by atoms with Gasteiger partial charge in [0.15, 0.2) is 0 Å². The number of nitrogens with zero attached hydrogens (tertiary/aromatic N) is 1. The molecule has 1 aliphatic heterocycles. The van der Waals surface area contributed by atoms with Gasteiger partial charge in [-0.05, 0) is 43.8 Å². The van der Waals surface area contributed by atoms with Gasteiger partial charge in [-0.15, -0.1) is 0 Å². The SMILES string of the molecule is CNCCCC(=O)N1C(=O)Cc2cc(NC)ccc21. The van der Waals surface area contributed by atoms with Crippen LogP contribution < -0.4 is 15.5 Å². The Morgan fingerprint density at radius 1 is 1.37 bits per heavy atom. The summed E-state index contributed by atoms with van der Waals surface area (Å²) in [5.41, 5.74) is 2.60. The molecule has 0 fully saturated rings. The van der Waals surface area contributed by atoms with Gasteiger partial charge in [0, 0.05) is 19.2 Å². The van der Waals surface area contributed by atoms with Gasteiger partial charge in [0.25, 0.3) is 0 Å². The summed E-state index contributed by atoms with van der Waals surface area (Å²) in [5, 5.41) is 6.03. The Hall–Kier alpha value is -1.88. The van der Waals surface area contributed by atoms with Crippen LogP contribution in [0.2, 0.25) is 0 Å². The van der Waals surface area contributed by atoms with Crippen LogP contribution in [0.4, 0.5) is 11.4 Å². The lowest BCUT2D eigenvalue weighted by atomic mass is 10.1. The van der Waals surface area contributed by atoms with Gasteiger partial charge in [0.05, 0.1) is 12.1 Å². The van der Waals surface area contributed by atoms with E-state index in [9.17, 15) is 9.59 Å². The largest absolute Gasteiger partial charge is 0.388 e. The van der Waals surface area contributed by atoms with Crippen LogP contribution in [0.15, 0.2) is 18.2 Å². The standard InChI is InChI=1S/C14H19N3O2/c1-15-7-3-4-13(18)17-12-6-5-11(16-2)8-10(12)9-14(17)19/h5-6,8,15-16H,3-4,7,9H2,1-2H3. The lowest BCUT2D eigenvalue weighted by molar-refractivity contribution is -0.125. The third kappa shape index (κ3) is 2.76. The van der Waals surface area contributed by atoms with Gasteiger partial charge >= 0.3 is 0 Å². The number of carbonyl (C=O) groups is 2. The molecule has 0 saturated heterocycles. The molecular weight excluding hydrogens is 242 g/mol. The van der Waals surface area contributed by atoms with Gasteiger partial charge in [-0.3, -0.25) is 9.59 Å². The first-order chi connectivity index (χ1) is 9.17. The third-order valence-electron chi connectivity index (χ3n) is 3.27. The zero-order valence-electron chi connectivity index (χ0n) is 11.3. The molecule has 0 saturated carbocycles. The summed E-state index contributed by atoms with van der Waals surface area (Å²) in [4.78, 5) is 25.4. The van der Waals surface area contributed by atoms with Gasteiger partial charge in [0.1, 0.15) is 0 Å². The van der Waals surface area contributed by atoms with Crippen LogP contribution in [0.25, 0.3) is 0 Å². The number of imide groups is 1. The molecule has 0 aromatic heterocycles. The molecule has 5 nitrogen and oxygen atoms in total. The number of carbonyl (C=O) groups excluding carboxylic acids is 2. The Labute approximate surface area is 113 Å². The normalized spacial score (nSPS) is 13.6. The fourth-order valence-electron chi connectivity index (χ4n) is 2.28. The Morgan fingerprint density at radius 3 is 2.84 bits per heavy atom. The second-order valence-electron chi connectivity index (χ2n) is 4.60. The summed E-state index contributed by atoms with van der Waals surface area (Å²) in [6, 6.07) is 5.64. The Morgan fingerprint density at radius 2 is 2.16 bits per heavy atom. The average Bonchev–Trinajstić information content (AvgIpc) is 2.73. The predicted molar refractivity (Wildman–Crippen MR) is 75.3 cm³/mol. The molecule has 5 heteroatoms. The minimum Gasteiger partial charge on any atom is -0.388 e. The minimum absolute atomic E-state index is 0.115. The van der Waals surface area contributed by atoms with Crippen LogP contribution in [0.5, 0.6) is 0 Å². The molecule has 0 bridgehead atoms. The zero-order chi connectivity index (χ0) is 13.8. The molecule has 1 aromatic rings. The maximum Gasteiger partial charge on any atom is 0.238 e. The maximum atomic E-state index is 12.1. The fraction of sp³-hybridized carbons (Fsp3) is 0.429. The highest BCUT2D eigenvalue weighted by atomic mass is 16.2. The zero-order valence-corrected chi connectivity index (χ0v) is 11.3. The molecule has 0 spiro atoms. The van der Waals surface area contributed by atoms with E-state index in [1.54, 1.807) is 0 Å². The van der Waals surface area contributed by atoms with E-state index in [1.165, 1.54) is 4.90 Å². The van der Waals surface area contributed by atoms with Gasteiger partial charge in [-0.2, -0.15) is 0 Å². The van der Waals surface area contributed by atoms with Crippen LogP contribution in [-0.2, 0) is 16.0 Å². The molecule has 0 atom stereocenters. The molecule has 2 amide bonds. The molecule has 0 unspecified atom stereocenters. The molecular formula is C14H19N3O2. The summed E-state index contributed by atoms with van der Waals surface area (Å²) in [6.45, 7) is 0.777. The number of benzene rings is 1. The van der Waals surface area contributed by atoms with Crippen molar-refractivity contribution in [2.24, 2.45) is 0 Å². The van der Waals surface area contributed by atoms with Crippen molar-refractivity contribution in [3.63, 3.8) is 0 Å². The number of amides is 2. The lowest BCUT2D eigenvalue weighted by Crippen LogP contribution is -2.33. The molecule has 0 radical (unpaired) electrons. The number of hydrogen-bond donors (Lipinski definition) is 2. The van der Waals surface area contributed by atoms with Crippen molar-refractivity contribution in [2.45, 2.75) is 19.3 Å². The number of nitrogens with one attached hydrogen (secondary N) is 2. The number of hydrogen-bond acceptors (Lipinski definition) is 4. The smallest absolute Gasteiger partial charge is 0.238 e. The maximum absolute atomic E-state index is 12.1.